The van der Waals surface area contributed by atoms with E-state index in [2.05, 4.69) is 18.2 Å². The van der Waals surface area contributed by atoms with Gasteiger partial charge in [-0.2, -0.15) is 0 Å². The highest BCUT2D eigenvalue weighted by Crippen LogP contribution is 2.19. The number of nitrogens with two attached hydrogens (primary N) is 1. The molecule has 1 unspecified atom stereocenters. The second-order valence-electron chi connectivity index (χ2n) is 3.14. The largest absolute Gasteiger partial charge is 0.372 e. The molecular weight excluding hydrogens is 186 g/mol. The number of halogens is 1. The Bertz CT molecular complexity index is 277. The van der Waals surface area contributed by atoms with Gasteiger partial charge < -0.3 is 10.5 Å². The second kappa shape index (κ2) is 4.61. The molecule has 3 heteroatoms. The van der Waals surface area contributed by atoms with Crippen LogP contribution in [0.4, 0.5) is 0 Å². The van der Waals surface area contributed by atoms with Crippen molar-refractivity contribution in [1.82, 2.24) is 0 Å². The van der Waals surface area contributed by atoms with Crippen molar-refractivity contribution >= 4 is 12.4 Å². The van der Waals surface area contributed by atoms with Crippen molar-refractivity contribution in [1.29, 1.82) is 0 Å². The Kier molecular flexibility index (Phi) is 3.72. The number of rotatable bonds is 1. The van der Waals surface area contributed by atoms with Gasteiger partial charge in [0.1, 0.15) is 0 Å². The van der Waals surface area contributed by atoms with E-state index < -0.39 is 0 Å². The van der Waals surface area contributed by atoms with Crippen LogP contribution in [0.25, 0.3) is 0 Å². The van der Waals surface area contributed by atoms with E-state index >= 15 is 0 Å². The third-order valence-corrected chi connectivity index (χ3v) is 2.30. The number of ether oxygens (including phenoxy) is 1. The first kappa shape index (κ1) is 10.5. The Hall–Kier alpha value is -0.570. The van der Waals surface area contributed by atoms with E-state index in [9.17, 15) is 0 Å². The van der Waals surface area contributed by atoms with E-state index in [0.717, 1.165) is 13.0 Å². The fourth-order valence-corrected chi connectivity index (χ4v) is 1.56. The molecule has 0 bridgehead atoms. The summed E-state index contributed by atoms with van der Waals surface area (Å²) in [6, 6.07) is 8.38. The summed E-state index contributed by atoms with van der Waals surface area (Å²) in [5.41, 5.74) is 8.23. The first-order valence-electron chi connectivity index (χ1n) is 4.28. The number of benzene rings is 1. The Balaban J connectivity index is 0.000000845. The van der Waals surface area contributed by atoms with Crippen LogP contribution in [0.15, 0.2) is 24.3 Å². The van der Waals surface area contributed by atoms with E-state index in [1.807, 2.05) is 6.07 Å². The second-order valence-corrected chi connectivity index (χ2v) is 3.14. The van der Waals surface area contributed by atoms with Crippen LogP contribution in [0.1, 0.15) is 11.1 Å². The minimum Gasteiger partial charge on any atom is -0.372 e. The lowest BCUT2D eigenvalue weighted by molar-refractivity contribution is 0.0345. The monoisotopic (exact) mass is 199 g/mol. The minimum atomic E-state index is 0. The molecule has 2 rings (SSSR count). The van der Waals surface area contributed by atoms with Gasteiger partial charge in [-0.15, -0.1) is 12.4 Å². The van der Waals surface area contributed by atoms with Crippen LogP contribution in [0.3, 0.4) is 0 Å². The number of fused-ring (bicyclic) bond motifs is 1. The van der Waals surface area contributed by atoms with Gasteiger partial charge in [-0.25, -0.2) is 0 Å². The summed E-state index contributed by atoms with van der Waals surface area (Å²) >= 11 is 0. The van der Waals surface area contributed by atoms with Crippen LogP contribution in [0, 0.1) is 0 Å². The Labute approximate surface area is 84.5 Å². The van der Waals surface area contributed by atoms with E-state index in [0.29, 0.717) is 6.54 Å². The van der Waals surface area contributed by atoms with Crippen molar-refractivity contribution in [2.24, 2.45) is 5.73 Å². The maximum absolute atomic E-state index is 5.54. The summed E-state index contributed by atoms with van der Waals surface area (Å²) in [6.45, 7) is 1.34. The topological polar surface area (TPSA) is 35.2 Å². The van der Waals surface area contributed by atoms with Crippen molar-refractivity contribution in [3.63, 3.8) is 0 Å². The van der Waals surface area contributed by atoms with Crippen LogP contribution in [-0.4, -0.2) is 12.6 Å². The van der Waals surface area contributed by atoms with E-state index in [1.54, 1.807) is 0 Å². The molecule has 2 nitrogen and oxygen atoms in total. The summed E-state index contributed by atoms with van der Waals surface area (Å²) in [5, 5.41) is 0. The molecule has 1 aliphatic rings. The molecule has 0 radical (unpaired) electrons. The predicted molar refractivity (Wildman–Crippen MR) is 55.0 cm³/mol. The minimum absolute atomic E-state index is 0. The molecule has 1 aromatic carbocycles. The van der Waals surface area contributed by atoms with Gasteiger partial charge in [0.05, 0.1) is 12.7 Å². The van der Waals surface area contributed by atoms with Crippen LogP contribution in [0.2, 0.25) is 0 Å². The zero-order valence-electron chi connectivity index (χ0n) is 7.40. The standard InChI is InChI=1S/C10H13NO.ClH/c11-6-10-5-8-3-1-2-4-9(8)7-12-10;/h1-4,10H,5-7,11H2;1H. The van der Waals surface area contributed by atoms with Gasteiger partial charge in [0.2, 0.25) is 0 Å². The average molecular weight is 200 g/mol. The fourth-order valence-electron chi connectivity index (χ4n) is 1.56. The summed E-state index contributed by atoms with van der Waals surface area (Å²) in [4.78, 5) is 0. The molecule has 0 saturated carbocycles. The van der Waals surface area contributed by atoms with E-state index in [-0.39, 0.29) is 18.5 Å². The highest BCUT2D eigenvalue weighted by molar-refractivity contribution is 5.85. The van der Waals surface area contributed by atoms with Crippen LogP contribution in [0.5, 0.6) is 0 Å². The molecule has 72 valence electrons. The fraction of sp³-hybridized carbons (Fsp3) is 0.400. The highest BCUT2D eigenvalue weighted by atomic mass is 35.5. The van der Waals surface area contributed by atoms with Gasteiger partial charge in [-0.3, -0.25) is 0 Å². The molecule has 0 amide bonds. The first-order chi connectivity index (χ1) is 5.90. The molecule has 0 saturated heterocycles. The van der Waals surface area contributed by atoms with Gasteiger partial charge in [0.25, 0.3) is 0 Å². The van der Waals surface area contributed by atoms with Crippen molar-refractivity contribution in [3.05, 3.63) is 35.4 Å². The van der Waals surface area contributed by atoms with Crippen LogP contribution in [-0.2, 0) is 17.8 Å². The summed E-state index contributed by atoms with van der Waals surface area (Å²) < 4.78 is 5.53. The molecule has 0 fully saturated rings. The van der Waals surface area contributed by atoms with Gasteiger partial charge in [-0.05, 0) is 11.1 Å². The number of hydrogen-bond donors (Lipinski definition) is 1. The van der Waals surface area contributed by atoms with Crippen LogP contribution >= 0.6 is 12.4 Å². The lowest BCUT2D eigenvalue weighted by atomic mass is 9.99. The molecule has 0 spiro atoms. The number of hydrogen-bond acceptors (Lipinski definition) is 2. The molecule has 0 aliphatic carbocycles. The third kappa shape index (κ3) is 2.21. The van der Waals surface area contributed by atoms with Gasteiger partial charge >= 0.3 is 0 Å². The Morgan fingerprint density at radius 1 is 1.31 bits per heavy atom. The molecule has 1 heterocycles. The summed E-state index contributed by atoms with van der Waals surface area (Å²) in [7, 11) is 0. The summed E-state index contributed by atoms with van der Waals surface area (Å²) in [5.74, 6) is 0. The molecule has 2 N–H and O–H groups in total. The van der Waals surface area contributed by atoms with Gasteiger partial charge in [-0.1, -0.05) is 24.3 Å². The third-order valence-electron chi connectivity index (χ3n) is 2.30. The normalized spacial score (nSPS) is 20.2. The molecule has 1 aliphatic heterocycles. The molecule has 1 aromatic rings. The SMILES string of the molecule is Cl.NCC1Cc2ccccc2CO1. The maximum atomic E-state index is 5.54. The van der Waals surface area contributed by atoms with Crippen molar-refractivity contribution in [3.8, 4) is 0 Å². The Morgan fingerprint density at radius 2 is 2.00 bits per heavy atom. The van der Waals surface area contributed by atoms with Crippen LogP contribution < -0.4 is 5.73 Å². The van der Waals surface area contributed by atoms with Gasteiger partial charge in [0.15, 0.2) is 0 Å². The van der Waals surface area contributed by atoms with Gasteiger partial charge in [0, 0.05) is 13.0 Å². The summed E-state index contributed by atoms with van der Waals surface area (Å²) in [6.07, 6.45) is 1.19. The van der Waals surface area contributed by atoms with Crippen molar-refractivity contribution < 1.29 is 4.74 Å². The molecular formula is C10H14ClNO. The molecule has 0 aromatic heterocycles. The highest BCUT2D eigenvalue weighted by Gasteiger charge is 2.16. The lowest BCUT2D eigenvalue weighted by Gasteiger charge is -2.23. The predicted octanol–water partition coefficient (Wildman–Crippen LogP) is 1.51. The zero-order valence-corrected chi connectivity index (χ0v) is 8.22. The lowest BCUT2D eigenvalue weighted by Crippen LogP contribution is -2.29. The van der Waals surface area contributed by atoms with Crippen molar-refractivity contribution in [2.45, 2.75) is 19.1 Å². The zero-order chi connectivity index (χ0) is 8.39. The Morgan fingerprint density at radius 3 is 2.69 bits per heavy atom. The smallest absolute Gasteiger partial charge is 0.0742 e. The van der Waals surface area contributed by atoms with E-state index in [4.69, 9.17) is 10.5 Å². The average Bonchev–Trinajstić information content (AvgIpc) is 2.17. The first-order valence-corrected chi connectivity index (χ1v) is 4.28. The van der Waals surface area contributed by atoms with E-state index in [1.165, 1.54) is 11.1 Å². The molecule has 13 heavy (non-hydrogen) atoms. The maximum Gasteiger partial charge on any atom is 0.0742 e. The van der Waals surface area contributed by atoms with Crippen molar-refractivity contribution in [2.75, 3.05) is 6.54 Å². The molecule has 1 atom stereocenters. The quantitative estimate of drug-likeness (QED) is 0.744.